The SMILES string of the molecule is Cc1nccn1Cc1ccc(Nc2nc(-c3ccc(Cl)s3)c3cc[nH]c3n2)cc1. The molecule has 0 radical (unpaired) electrons. The predicted molar refractivity (Wildman–Crippen MR) is 118 cm³/mol. The smallest absolute Gasteiger partial charge is 0.229 e. The lowest BCUT2D eigenvalue weighted by molar-refractivity contribution is 0.762. The van der Waals surface area contributed by atoms with E-state index in [4.69, 9.17) is 16.6 Å². The van der Waals surface area contributed by atoms with Crippen LogP contribution in [0.5, 0.6) is 0 Å². The third-order valence-corrected chi connectivity index (χ3v) is 5.95. The third-order valence-electron chi connectivity index (χ3n) is 4.71. The maximum absolute atomic E-state index is 6.13. The predicted octanol–water partition coefficient (Wildman–Crippen LogP) is 5.64. The van der Waals surface area contributed by atoms with Crippen molar-refractivity contribution in [3.05, 3.63) is 76.8 Å². The van der Waals surface area contributed by atoms with Crippen LogP contribution in [-0.4, -0.2) is 24.5 Å². The largest absolute Gasteiger partial charge is 0.346 e. The fraction of sp³-hybridized carbons (Fsp3) is 0.0952. The first kappa shape index (κ1) is 17.9. The monoisotopic (exact) mass is 420 g/mol. The highest BCUT2D eigenvalue weighted by atomic mass is 35.5. The Kier molecular flexibility index (Phi) is 4.54. The van der Waals surface area contributed by atoms with Crippen molar-refractivity contribution >= 4 is 45.6 Å². The lowest BCUT2D eigenvalue weighted by Gasteiger charge is -2.09. The second-order valence-electron chi connectivity index (χ2n) is 6.66. The molecular formula is C21H17ClN6S. The molecule has 0 saturated heterocycles. The summed E-state index contributed by atoms with van der Waals surface area (Å²) in [4.78, 5) is 17.8. The molecule has 2 N–H and O–H groups in total. The molecule has 0 spiro atoms. The summed E-state index contributed by atoms with van der Waals surface area (Å²) in [6.07, 6.45) is 5.67. The fourth-order valence-corrected chi connectivity index (χ4v) is 4.26. The van der Waals surface area contributed by atoms with Crippen LogP contribution in [0.2, 0.25) is 4.34 Å². The molecule has 4 aromatic heterocycles. The van der Waals surface area contributed by atoms with Crippen LogP contribution in [0.25, 0.3) is 21.6 Å². The minimum absolute atomic E-state index is 0.540. The maximum atomic E-state index is 6.13. The molecule has 0 aliphatic heterocycles. The number of aryl methyl sites for hydroxylation is 1. The summed E-state index contributed by atoms with van der Waals surface area (Å²) in [5.74, 6) is 1.54. The molecule has 8 heteroatoms. The van der Waals surface area contributed by atoms with Gasteiger partial charge in [-0.25, -0.2) is 9.97 Å². The summed E-state index contributed by atoms with van der Waals surface area (Å²) in [7, 11) is 0. The molecule has 5 rings (SSSR count). The Labute approximate surface area is 176 Å². The summed E-state index contributed by atoms with van der Waals surface area (Å²) in [5.41, 5.74) is 3.78. The van der Waals surface area contributed by atoms with E-state index in [1.54, 1.807) is 0 Å². The Morgan fingerprint density at radius 3 is 2.69 bits per heavy atom. The van der Waals surface area contributed by atoms with Gasteiger partial charge < -0.3 is 14.9 Å². The summed E-state index contributed by atoms with van der Waals surface area (Å²) in [6.45, 7) is 2.79. The number of aromatic nitrogens is 5. The van der Waals surface area contributed by atoms with Crippen molar-refractivity contribution in [1.29, 1.82) is 0 Å². The van der Waals surface area contributed by atoms with Crippen LogP contribution in [0.4, 0.5) is 11.6 Å². The van der Waals surface area contributed by atoms with E-state index < -0.39 is 0 Å². The van der Waals surface area contributed by atoms with Crippen LogP contribution < -0.4 is 5.32 Å². The lowest BCUT2D eigenvalue weighted by atomic mass is 10.2. The molecule has 29 heavy (non-hydrogen) atoms. The molecule has 0 aliphatic rings. The average molecular weight is 421 g/mol. The molecule has 0 amide bonds. The van der Waals surface area contributed by atoms with E-state index in [9.17, 15) is 0 Å². The molecule has 0 aliphatic carbocycles. The topological polar surface area (TPSA) is 71.4 Å². The van der Waals surface area contributed by atoms with Crippen molar-refractivity contribution in [2.24, 2.45) is 0 Å². The summed E-state index contributed by atoms with van der Waals surface area (Å²) >= 11 is 7.63. The Morgan fingerprint density at radius 1 is 1.10 bits per heavy atom. The number of rotatable bonds is 5. The van der Waals surface area contributed by atoms with Crippen molar-refractivity contribution in [2.45, 2.75) is 13.5 Å². The second kappa shape index (κ2) is 7.35. The molecule has 5 aromatic rings. The van der Waals surface area contributed by atoms with Gasteiger partial charge in [0.2, 0.25) is 5.95 Å². The fourth-order valence-electron chi connectivity index (χ4n) is 3.22. The highest BCUT2D eigenvalue weighted by molar-refractivity contribution is 7.19. The number of halogens is 1. The van der Waals surface area contributed by atoms with E-state index in [2.05, 4.69) is 37.0 Å². The number of benzene rings is 1. The molecule has 0 unspecified atom stereocenters. The second-order valence-corrected chi connectivity index (χ2v) is 8.38. The van der Waals surface area contributed by atoms with Gasteiger partial charge in [0.25, 0.3) is 0 Å². The molecule has 4 heterocycles. The number of aromatic amines is 1. The van der Waals surface area contributed by atoms with Gasteiger partial charge in [0.15, 0.2) is 0 Å². The molecule has 144 valence electrons. The highest BCUT2D eigenvalue weighted by Crippen LogP contribution is 2.34. The van der Waals surface area contributed by atoms with Gasteiger partial charge >= 0.3 is 0 Å². The molecular weight excluding hydrogens is 404 g/mol. The van der Waals surface area contributed by atoms with Gasteiger partial charge in [-0.05, 0) is 42.8 Å². The van der Waals surface area contributed by atoms with Gasteiger partial charge in [0, 0.05) is 36.2 Å². The standard InChI is InChI=1S/C21H17ClN6S/c1-13-23-10-11-28(13)12-14-2-4-15(5-3-14)25-21-26-19(17-6-7-18(22)29-17)16-8-9-24-20(16)27-21/h2-11H,12H2,1H3,(H2,24,25,26,27). The number of nitrogens with one attached hydrogen (secondary N) is 2. The zero-order valence-corrected chi connectivity index (χ0v) is 17.1. The van der Waals surface area contributed by atoms with Crippen molar-refractivity contribution in [1.82, 2.24) is 24.5 Å². The van der Waals surface area contributed by atoms with E-state index in [1.807, 2.05) is 55.8 Å². The van der Waals surface area contributed by atoms with Gasteiger partial charge in [0.1, 0.15) is 11.5 Å². The number of hydrogen-bond donors (Lipinski definition) is 2. The molecule has 0 atom stereocenters. The van der Waals surface area contributed by atoms with Crippen molar-refractivity contribution in [2.75, 3.05) is 5.32 Å². The molecule has 0 fully saturated rings. The van der Waals surface area contributed by atoms with Crippen LogP contribution >= 0.6 is 22.9 Å². The maximum Gasteiger partial charge on any atom is 0.229 e. The lowest BCUT2D eigenvalue weighted by Crippen LogP contribution is -2.02. The first-order valence-corrected chi connectivity index (χ1v) is 10.3. The molecule has 1 aromatic carbocycles. The van der Waals surface area contributed by atoms with Gasteiger partial charge in [-0.15, -0.1) is 11.3 Å². The van der Waals surface area contributed by atoms with Crippen molar-refractivity contribution in [3.63, 3.8) is 0 Å². The zero-order valence-electron chi connectivity index (χ0n) is 15.6. The average Bonchev–Trinajstić information content (AvgIpc) is 3.45. The van der Waals surface area contributed by atoms with Crippen LogP contribution in [0.3, 0.4) is 0 Å². The Morgan fingerprint density at radius 2 is 1.97 bits per heavy atom. The number of anilines is 2. The van der Waals surface area contributed by atoms with Gasteiger partial charge in [0.05, 0.1) is 14.9 Å². The van der Waals surface area contributed by atoms with Gasteiger partial charge in [-0.3, -0.25) is 0 Å². The normalized spacial score (nSPS) is 11.2. The third kappa shape index (κ3) is 3.62. The van der Waals surface area contributed by atoms with E-state index in [1.165, 1.54) is 16.9 Å². The summed E-state index contributed by atoms with van der Waals surface area (Å²) < 4.78 is 2.85. The summed E-state index contributed by atoms with van der Waals surface area (Å²) in [5, 5.41) is 4.28. The summed E-state index contributed by atoms with van der Waals surface area (Å²) in [6, 6.07) is 14.1. The first-order chi connectivity index (χ1) is 14.2. The van der Waals surface area contributed by atoms with Gasteiger partial charge in [-0.1, -0.05) is 23.7 Å². The number of hydrogen-bond acceptors (Lipinski definition) is 5. The van der Waals surface area contributed by atoms with Crippen LogP contribution in [-0.2, 0) is 6.54 Å². The van der Waals surface area contributed by atoms with Crippen LogP contribution in [0.1, 0.15) is 11.4 Å². The molecule has 0 saturated carbocycles. The molecule has 0 bridgehead atoms. The highest BCUT2D eigenvalue weighted by Gasteiger charge is 2.13. The number of nitrogens with zero attached hydrogens (tertiary/aromatic N) is 4. The van der Waals surface area contributed by atoms with E-state index >= 15 is 0 Å². The van der Waals surface area contributed by atoms with Crippen molar-refractivity contribution in [3.8, 4) is 10.6 Å². The quantitative estimate of drug-likeness (QED) is 0.386. The van der Waals surface area contributed by atoms with E-state index in [-0.39, 0.29) is 0 Å². The number of imidazole rings is 1. The minimum atomic E-state index is 0.540. The van der Waals surface area contributed by atoms with Crippen LogP contribution in [0.15, 0.2) is 61.1 Å². The first-order valence-electron chi connectivity index (χ1n) is 9.10. The zero-order chi connectivity index (χ0) is 19.8. The number of H-pyrrole nitrogens is 1. The van der Waals surface area contributed by atoms with Crippen LogP contribution in [0, 0.1) is 6.92 Å². The Hall–Kier alpha value is -3.16. The minimum Gasteiger partial charge on any atom is -0.346 e. The van der Waals surface area contributed by atoms with E-state index in [0.717, 1.165) is 44.0 Å². The Bertz CT molecular complexity index is 1280. The molecule has 6 nitrogen and oxygen atoms in total. The van der Waals surface area contributed by atoms with Crippen molar-refractivity contribution < 1.29 is 0 Å². The number of fused-ring (bicyclic) bond motifs is 1. The van der Waals surface area contributed by atoms with Gasteiger partial charge in [-0.2, -0.15) is 4.98 Å². The van der Waals surface area contributed by atoms with E-state index in [0.29, 0.717) is 5.95 Å². The Balaban J connectivity index is 1.42. The number of thiophene rings is 1.